The van der Waals surface area contributed by atoms with Crippen LogP contribution >= 0.6 is 0 Å². The molecule has 0 amide bonds. The monoisotopic (exact) mass is 309 g/mol. The number of aryl methyl sites for hydroxylation is 1. The van der Waals surface area contributed by atoms with Crippen molar-refractivity contribution < 1.29 is 9.47 Å². The van der Waals surface area contributed by atoms with E-state index in [-0.39, 0.29) is 23.4 Å². The van der Waals surface area contributed by atoms with E-state index >= 15 is 0 Å². The highest BCUT2D eigenvalue weighted by atomic mass is 16.6. The first-order valence-corrected chi connectivity index (χ1v) is 7.55. The first-order valence-electron chi connectivity index (χ1n) is 7.55. The zero-order chi connectivity index (χ0) is 16.3. The molecule has 0 bridgehead atoms. The van der Waals surface area contributed by atoms with Gasteiger partial charge < -0.3 is 9.47 Å². The maximum absolute atomic E-state index is 12.4. The second-order valence-corrected chi connectivity index (χ2v) is 5.33. The molecule has 1 fully saturated rings. The van der Waals surface area contributed by atoms with Gasteiger partial charge in [0.2, 0.25) is 0 Å². The van der Waals surface area contributed by atoms with Crippen molar-refractivity contribution in [3.63, 3.8) is 0 Å². The molecule has 7 heteroatoms. The van der Waals surface area contributed by atoms with Gasteiger partial charge in [0, 0.05) is 31.3 Å². The molecule has 0 radical (unpaired) electrons. The lowest BCUT2D eigenvalue weighted by Gasteiger charge is -2.17. The fourth-order valence-corrected chi connectivity index (χ4v) is 2.71. The number of aliphatic imine (C=N–C) groups is 1. The van der Waals surface area contributed by atoms with Crippen molar-refractivity contribution in [2.24, 2.45) is 4.99 Å². The predicted molar refractivity (Wildman–Crippen MR) is 83.7 cm³/mol. The van der Waals surface area contributed by atoms with Crippen LogP contribution < -0.4 is 11.2 Å². The molecule has 0 aliphatic carbocycles. The molecular weight excluding hydrogens is 286 g/mol. The summed E-state index contributed by atoms with van der Waals surface area (Å²) in [5.74, 6) is 0. The Kier molecular flexibility index (Phi) is 5.31. The highest BCUT2D eigenvalue weighted by molar-refractivity contribution is 5.25. The number of nitrogens with zero attached hydrogens (tertiary/aromatic N) is 3. The van der Waals surface area contributed by atoms with E-state index in [0.29, 0.717) is 31.7 Å². The largest absolute Gasteiger partial charge is 0.379 e. The maximum atomic E-state index is 12.4. The Morgan fingerprint density at radius 2 is 2.18 bits per heavy atom. The lowest BCUT2D eigenvalue weighted by molar-refractivity contribution is -0.0437. The van der Waals surface area contributed by atoms with E-state index in [1.807, 2.05) is 6.92 Å². The van der Waals surface area contributed by atoms with Gasteiger partial charge in [-0.2, -0.15) is 0 Å². The third-order valence-corrected chi connectivity index (χ3v) is 3.92. The Bertz CT molecular complexity index is 649. The minimum Gasteiger partial charge on any atom is -0.379 e. The molecule has 1 aromatic rings. The summed E-state index contributed by atoms with van der Waals surface area (Å²) in [5, 5.41) is 0. The first kappa shape index (κ1) is 16.6. The van der Waals surface area contributed by atoms with Crippen LogP contribution in [0.2, 0.25) is 0 Å². The molecule has 1 aromatic heterocycles. The Labute approximate surface area is 129 Å². The zero-order valence-electron chi connectivity index (χ0n) is 13.3. The van der Waals surface area contributed by atoms with Gasteiger partial charge in [-0.05, 0) is 27.5 Å². The van der Waals surface area contributed by atoms with Gasteiger partial charge in [0.05, 0.1) is 12.6 Å². The number of hydrogen-bond donors (Lipinski definition) is 0. The van der Waals surface area contributed by atoms with Crippen LogP contribution in [0.1, 0.15) is 32.1 Å². The van der Waals surface area contributed by atoms with Gasteiger partial charge in [0.25, 0.3) is 5.56 Å². The highest BCUT2D eigenvalue weighted by Crippen LogP contribution is 2.29. The van der Waals surface area contributed by atoms with Gasteiger partial charge in [-0.15, -0.1) is 0 Å². The van der Waals surface area contributed by atoms with Gasteiger partial charge in [0.1, 0.15) is 12.3 Å². The van der Waals surface area contributed by atoms with E-state index in [9.17, 15) is 9.59 Å². The Morgan fingerprint density at radius 3 is 2.77 bits per heavy atom. The van der Waals surface area contributed by atoms with Gasteiger partial charge >= 0.3 is 5.69 Å². The number of hydrogen-bond acceptors (Lipinski definition) is 5. The number of aromatic nitrogens is 2. The normalized spacial score (nSPS) is 24.6. The second kappa shape index (κ2) is 7.02. The number of rotatable bonds is 6. The third-order valence-electron chi connectivity index (χ3n) is 3.92. The standard InChI is InChI=1S/C15H23N3O4/c1-5-17-14(19)10(3)8-18(15(17)20)13-7-11(16-4)12(22-13)9-21-6-2/h8,11-13H,4-7,9H2,1-3H3/t11?,12-,13-/m1/s1. The van der Waals surface area contributed by atoms with E-state index < -0.39 is 6.23 Å². The smallest absolute Gasteiger partial charge is 0.333 e. The summed E-state index contributed by atoms with van der Waals surface area (Å²) >= 11 is 0. The molecule has 0 aromatic carbocycles. The van der Waals surface area contributed by atoms with Crippen LogP contribution in [0.4, 0.5) is 0 Å². The molecule has 2 rings (SSSR count). The topological polar surface area (TPSA) is 74.8 Å². The van der Waals surface area contributed by atoms with Crippen molar-refractivity contribution in [2.45, 2.75) is 52.1 Å². The maximum Gasteiger partial charge on any atom is 0.333 e. The first-order chi connectivity index (χ1) is 10.5. The lowest BCUT2D eigenvalue weighted by Crippen LogP contribution is -2.41. The van der Waals surface area contributed by atoms with Gasteiger partial charge in [0.15, 0.2) is 0 Å². The van der Waals surface area contributed by atoms with Crippen LogP contribution in [0.15, 0.2) is 20.8 Å². The summed E-state index contributed by atoms with van der Waals surface area (Å²) in [6, 6.07) is -0.120. The van der Waals surface area contributed by atoms with Crippen LogP contribution in [0, 0.1) is 6.92 Å². The minimum absolute atomic E-state index is 0.120. The van der Waals surface area contributed by atoms with Crippen molar-refractivity contribution in [1.82, 2.24) is 9.13 Å². The molecule has 0 saturated carbocycles. The molecule has 0 spiro atoms. The number of ether oxygens (including phenoxy) is 2. The molecule has 22 heavy (non-hydrogen) atoms. The molecule has 1 saturated heterocycles. The summed E-state index contributed by atoms with van der Waals surface area (Å²) in [6.07, 6.45) is 1.43. The summed E-state index contributed by atoms with van der Waals surface area (Å²) in [4.78, 5) is 28.5. The van der Waals surface area contributed by atoms with Crippen molar-refractivity contribution in [3.8, 4) is 0 Å². The fraction of sp³-hybridized carbons (Fsp3) is 0.667. The summed E-state index contributed by atoms with van der Waals surface area (Å²) < 4.78 is 14.0. The Hall–Kier alpha value is -1.73. The molecular formula is C15H23N3O4. The van der Waals surface area contributed by atoms with Crippen LogP contribution in [-0.2, 0) is 16.0 Å². The fourth-order valence-electron chi connectivity index (χ4n) is 2.71. The Morgan fingerprint density at radius 1 is 1.45 bits per heavy atom. The lowest BCUT2D eigenvalue weighted by atomic mass is 10.1. The van der Waals surface area contributed by atoms with Gasteiger partial charge in [-0.3, -0.25) is 18.9 Å². The van der Waals surface area contributed by atoms with E-state index in [1.165, 1.54) is 9.13 Å². The summed E-state index contributed by atoms with van der Waals surface area (Å²) in [6.45, 7) is 10.3. The predicted octanol–water partition coefficient (Wildman–Crippen LogP) is 0.732. The van der Waals surface area contributed by atoms with Crippen molar-refractivity contribution in [3.05, 3.63) is 32.6 Å². The second-order valence-electron chi connectivity index (χ2n) is 5.33. The molecule has 122 valence electrons. The zero-order valence-corrected chi connectivity index (χ0v) is 13.3. The summed E-state index contributed by atoms with van der Waals surface area (Å²) in [7, 11) is 0. The van der Waals surface area contributed by atoms with Crippen molar-refractivity contribution >= 4 is 6.72 Å². The van der Waals surface area contributed by atoms with E-state index in [2.05, 4.69) is 11.7 Å². The Balaban J connectivity index is 2.33. The summed E-state index contributed by atoms with van der Waals surface area (Å²) in [5.41, 5.74) is -0.101. The SMILES string of the molecule is C=NC1C[C@H](n2cc(C)c(=O)n(CC)c2=O)O[C@@H]1COCC. The minimum atomic E-state index is -0.453. The van der Waals surface area contributed by atoms with Crippen LogP contribution in [0.3, 0.4) is 0 Å². The average molecular weight is 309 g/mol. The average Bonchev–Trinajstić information content (AvgIpc) is 2.92. The van der Waals surface area contributed by atoms with Crippen LogP contribution in [0.5, 0.6) is 0 Å². The molecule has 2 heterocycles. The molecule has 1 aliphatic rings. The van der Waals surface area contributed by atoms with Crippen molar-refractivity contribution in [1.29, 1.82) is 0 Å². The van der Waals surface area contributed by atoms with Gasteiger partial charge in [-0.25, -0.2) is 4.79 Å². The molecule has 0 N–H and O–H groups in total. The molecule has 1 aliphatic heterocycles. The third kappa shape index (κ3) is 3.05. The molecule has 3 atom stereocenters. The van der Waals surface area contributed by atoms with E-state index in [4.69, 9.17) is 9.47 Å². The van der Waals surface area contributed by atoms with Gasteiger partial charge in [-0.1, -0.05) is 0 Å². The molecule has 7 nitrogen and oxygen atoms in total. The van der Waals surface area contributed by atoms with E-state index in [1.54, 1.807) is 20.0 Å². The van der Waals surface area contributed by atoms with Crippen LogP contribution in [0.25, 0.3) is 0 Å². The quantitative estimate of drug-likeness (QED) is 0.726. The van der Waals surface area contributed by atoms with Crippen LogP contribution in [-0.4, -0.2) is 41.2 Å². The van der Waals surface area contributed by atoms with E-state index in [0.717, 1.165) is 0 Å². The highest BCUT2D eigenvalue weighted by Gasteiger charge is 2.36. The van der Waals surface area contributed by atoms with Crippen molar-refractivity contribution in [2.75, 3.05) is 13.2 Å². The molecule has 1 unspecified atom stereocenters.